The molecule has 3 nitrogen and oxygen atoms in total. The highest BCUT2D eigenvalue weighted by molar-refractivity contribution is 5.75. The van der Waals surface area contributed by atoms with Gasteiger partial charge in [0.05, 0.1) is 0 Å². The molecule has 0 spiro atoms. The van der Waals surface area contributed by atoms with Crippen LogP contribution in [0, 0.1) is 5.41 Å². The van der Waals surface area contributed by atoms with Gasteiger partial charge in [0.15, 0.2) is 0 Å². The van der Waals surface area contributed by atoms with E-state index in [1.165, 1.54) is 38.5 Å². The van der Waals surface area contributed by atoms with Crippen molar-refractivity contribution in [2.45, 2.75) is 64.7 Å². The lowest BCUT2D eigenvalue weighted by atomic mass is 9.74. The average Bonchev–Trinajstić information content (AvgIpc) is 2.38. The van der Waals surface area contributed by atoms with Crippen LogP contribution in [-0.4, -0.2) is 19.0 Å². The highest BCUT2D eigenvalue weighted by Gasteiger charge is 2.30. The van der Waals surface area contributed by atoms with Gasteiger partial charge in [0.25, 0.3) is 0 Å². The van der Waals surface area contributed by atoms with E-state index in [1.807, 2.05) is 0 Å². The van der Waals surface area contributed by atoms with E-state index in [0.717, 1.165) is 19.4 Å². The van der Waals surface area contributed by atoms with E-state index in [0.29, 0.717) is 13.0 Å². The molecule has 1 aliphatic rings. The summed E-state index contributed by atoms with van der Waals surface area (Å²) in [4.78, 5) is 11.7. The van der Waals surface area contributed by atoms with Crippen molar-refractivity contribution < 1.29 is 4.79 Å². The Bertz CT molecular complexity index is 222. The topological polar surface area (TPSA) is 55.1 Å². The molecule has 0 saturated heterocycles. The van der Waals surface area contributed by atoms with Crippen LogP contribution in [0.2, 0.25) is 0 Å². The molecule has 0 aromatic heterocycles. The first kappa shape index (κ1) is 14.5. The Labute approximate surface area is 106 Å². The molecule has 1 amide bonds. The van der Waals surface area contributed by atoms with E-state index >= 15 is 0 Å². The van der Waals surface area contributed by atoms with Crippen LogP contribution in [0.5, 0.6) is 0 Å². The van der Waals surface area contributed by atoms with Crippen molar-refractivity contribution in [1.82, 2.24) is 5.32 Å². The molecule has 1 rings (SSSR count). The number of hydrogen-bond acceptors (Lipinski definition) is 2. The van der Waals surface area contributed by atoms with Gasteiger partial charge in [-0.25, -0.2) is 0 Å². The molecule has 0 aliphatic heterocycles. The van der Waals surface area contributed by atoms with Crippen molar-refractivity contribution in [2.75, 3.05) is 13.1 Å². The second-order valence-corrected chi connectivity index (χ2v) is 5.50. The fourth-order valence-corrected chi connectivity index (χ4v) is 2.66. The summed E-state index contributed by atoms with van der Waals surface area (Å²) in [5, 5.41) is 3.08. The van der Waals surface area contributed by atoms with Crippen LogP contribution >= 0.6 is 0 Å². The third-order valence-electron chi connectivity index (χ3n) is 4.02. The van der Waals surface area contributed by atoms with E-state index in [1.54, 1.807) is 0 Å². The fourth-order valence-electron chi connectivity index (χ4n) is 2.66. The molecule has 1 fully saturated rings. The average molecular weight is 240 g/mol. The van der Waals surface area contributed by atoms with Gasteiger partial charge in [-0.15, -0.1) is 0 Å². The minimum atomic E-state index is 0.193. The predicted octanol–water partition coefficient (Wildman–Crippen LogP) is 2.59. The molecule has 3 N–H and O–H groups in total. The lowest BCUT2D eigenvalue weighted by molar-refractivity contribution is -0.121. The number of nitrogens with two attached hydrogens (primary N) is 1. The summed E-state index contributed by atoms with van der Waals surface area (Å²) in [6, 6.07) is 0. The highest BCUT2D eigenvalue weighted by Crippen LogP contribution is 2.34. The van der Waals surface area contributed by atoms with Crippen LogP contribution in [0.4, 0.5) is 0 Å². The lowest BCUT2D eigenvalue weighted by Gasteiger charge is -2.36. The first-order valence-electron chi connectivity index (χ1n) is 7.19. The second-order valence-electron chi connectivity index (χ2n) is 5.50. The number of unbranched alkanes of at least 4 members (excludes halogenated alkanes) is 2. The number of carbonyl (C=O) groups is 1. The van der Waals surface area contributed by atoms with E-state index in [9.17, 15) is 4.79 Å². The fraction of sp³-hybridized carbons (Fsp3) is 0.929. The summed E-state index contributed by atoms with van der Waals surface area (Å²) >= 11 is 0. The largest absolute Gasteiger partial charge is 0.355 e. The number of nitrogens with one attached hydrogen (secondary N) is 1. The van der Waals surface area contributed by atoms with Crippen LogP contribution in [0.15, 0.2) is 0 Å². The van der Waals surface area contributed by atoms with Gasteiger partial charge in [0, 0.05) is 13.0 Å². The third kappa shape index (κ3) is 5.07. The van der Waals surface area contributed by atoms with E-state index in [4.69, 9.17) is 5.73 Å². The molecule has 0 unspecified atom stereocenters. The van der Waals surface area contributed by atoms with Crippen LogP contribution in [0.3, 0.4) is 0 Å². The number of rotatable bonds is 7. The first-order valence-corrected chi connectivity index (χ1v) is 7.19. The van der Waals surface area contributed by atoms with Crippen molar-refractivity contribution in [3.05, 3.63) is 0 Å². The van der Waals surface area contributed by atoms with Crippen LogP contribution in [0.25, 0.3) is 0 Å². The zero-order chi connectivity index (χ0) is 12.6. The van der Waals surface area contributed by atoms with Gasteiger partial charge < -0.3 is 11.1 Å². The van der Waals surface area contributed by atoms with Crippen LogP contribution in [-0.2, 0) is 4.79 Å². The van der Waals surface area contributed by atoms with Gasteiger partial charge in [0.1, 0.15) is 0 Å². The second kappa shape index (κ2) is 7.70. The summed E-state index contributed by atoms with van der Waals surface area (Å²) in [7, 11) is 0. The summed E-state index contributed by atoms with van der Waals surface area (Å²) in [6.07, 6.45) is 10.2. The first-order chi connectivity index (χ1) is 8.22. The molecule has 0 heterocycles. The van der Waals surface area contributed by atoms with Gasteiger partial charge in [-0.3, -0.25) is 4.79 Å². The standard InChI is InChI=1S/C14H28N2O/c1-2-3-5-8-13(17)16-12-14(11-15)9-6-4-7-10-14/h2-12,15H2,1H3,(H,16,17). The minimum Gasteiger partial charge on any atom is -0.355 e. The molecular weight excluding hydrogens is 212 g/mol. The molecule has 0 atom stereocenters. The third-order valence-corrected chi connectivity index (χ3v) is 4.02. The quantitative estimate of drug-likeness (QED) is 0.672. The smallest absolute Gasteiger partial charge is 0.220 e. The zero-order valence-electron chi connectivity index (χ0n) is 11.3. The Morgan fingerprint density at radius 1 is 1.24 bits per heavy atom. The molecular formula is C14H28N2O. The number of amides is 1. The molecule has 1 saturated carbocycles. The molecule has 1 aliphatic carbocycles. The van der Waals surface area contributed by atoms with E-state index < -0.39 is 0 Å². The molecule has 100 valence electrons. The van der Waals surface area contributed by atoms with E-state index in [2.05, 4.69) is 12.2 Å². The normalized spacial score (nSPS) is 18.9. The van der Waals surface area contributed by atoms with Gasteiger partial charge in [-0.05, 0) is 31.2 Å². The molecule has 0 bridgehead atoms. The highest BCUT2D eigenvalue weighted by atomic mass is 16.1. The van der Waals surface area contributed by atoms with E-state index in [-0.39, 0.29) is 11.3 Å². The van der Waals surface area contributed by atoms with Gasteiger partial charge in [-0.1, -0.05) is 39.0 Å². The Morgan fingerprint density at radius 2 is 1.94 bits per heavy atom. The van der Waals surface area contributed by atoms with Crippen LogP contribution in [0.1, 0.15) is 64.7 Å². The van der Waals surface area contributed by atoms with Crippen molar-refractivity contribution in [2.24, 2.45) is 11.1 Å². The maximum atomic E-state index is 11.7. The van der Waals surface area contributed by atoms with Crippen molar-refractivity contribution in [3.63, 3.8) is 0 Å². The Balaban J connectivity index is 2.24. The van der Waals surface area contributed by atoms with Crippen LogP contribution < -0.4 is 11.1 Å². The number of carbonyl (C=O) groups excluding carboxylic acids is 1. The summed E-state index contributed by atoms with van der Waals surface area (Å²) in [5.41, 5.74) is 6.09. The molecule has 0 radical (unpaired) electrons. The monoisotopic (exact) mass is 240 g/mol. The zero-order valence-corrected chi connectivity index (χ0v) is 11.3. The predicted molar refractivity (Wildman–Crippen MR) is 71.7 cm³/mol. The van der Waals surface area contributed by atoms with Gasteiger partial charge in [0.2, 0.25) is 5.91 Å². The lowest BCUT2D eigenvalue weighted by Crippen LogP contribution is -2.43. The Kier molecular flexibility index (Phi) is 6.56. The Morgan fingerprint density at radius 3 is 2.53 bits per heavy atom. The maximum Gasteiger partial charge on any atom is 0.220 e. The molecule has 3 heteroatoms. The van der Waals surface area contributed by atoms with Crippen molar-refractivity contribution in [1.29, 1.82) is 0 Å². The Hall–Kier alpha value is -0.570. The SMILES string of the molecule is CCCCCC(=O)NCC1(CN)CCCCC1. The minimum absolute atomic E-state index is 0.193. The maximum absolute atomic E-state index is 11.7. The molecule has 0 aromatic carbocycles. The summed E-state index contributed by atoms with van der Waals surface area (Å²) in [6.45, 7) is 3.65. The number of hydrogen-bond donors (Lipinski definition) is 2. The van der Waals surface area contributed by atoms with Gasteiger partial charge >= 0.3 is 0 Å². The van der Waals surface area contributed by atoms with Crippen molar-refractivity contribution >= 4 is 5.91 Å². The summed E-state index contributed by atoms with van der Waals surface area (Å²) in [5.74, 6) is 0.205. The van der Waals surface area contributed by atoms with Crippen molar-refractivity contribution in [3.8, 4) is 0 Å². The molecule has 0 aromatic rings. The summed E-state index contributed by atoms with van der Waals surface area (Å²) < 4.78 is 0. The van der Waals surface area contributed by atoms with Gasteiger partial charge in [-0.2, -0.15) is 0 Å². The molecule has 17 heavy (non-hydrogen) atoms.